The van der Waals surface area contributed by atoms with Gasteiger partial charge in [0.15, 0.2) is 0 Å². The number of aryl methyl sites for hydroxylation is 1. The Morgan fingerprint density at radius 2 is 1.53 bits per heavy atom. The Kier molecular flexibility index (Phi) is 6.73. The van der Waals surface area contributed by atoms with Gasteiger partial charge in [0.25, 0.3) is 0 Å². The van der Waals surface area contributed by atoms with Gasteiger partial charge in [-0.15, -0.1) is 0 Å². The van der Waals surface area contributed by atoms with E-state index in [1.54, 1.807) is 54.6 Å². The van der Waals surface area contributed by atoms with Crippen LogP contribution in [0.3, 0.4) is 0 Å². The van der Waals surface area contributed by atoms with E-state index in [0.717, 1.165) is 16.7 Å². The van der Waals surface area contributed by atoms with Gasteiger partial charge in [-0.2, -0.15) is 4.31 Å². The zero-order chi connectivity index (χ0) is 24.5. The molecule has 0 saturated heterocycles. The average molecular weight is 476 g/mol. The second-order valence-corrected chi connectivity index (χ2v) is 10.8. The number of benzene rings is 3. The lowest BCUT2D eigenvalue weighted by Gasteiger charge is -2.40. The van der Waals surface area contributed by atoms with Crippen LogP contribution >= 0.6 is 0 Å². The van der Waals surface area contributed by atoms with Crippen LogP contribution in [0.2, 0.25) is 0 Å². The zero-order valence-electron chi connectivity index (χ0n) is 19.5. The van der Waals surface area contributed by atoms with E-state index in [2.05, 4.69) is 13.8 Å². The number of rotatable bonds is 6. The van der Waals surface area contributed by atoms with E-state index in [9.17, 15) is 18.3 Å². The highest BCUT2D eigenvalue weighted by Gasteiger charge is 2.44. The number of nitrogens with zero attached hydrogens (tertiary/aromatic N) is 1. The summed E-state index contributed by atoms with van der Waals surface area (Å²) in [6.45, 7) is 6.11. The minimum absolute atomic E-state index is 0.0666. The van der Waals surface area contributed by atoms with E-state index < -0.39 is 28.1 Å². The number of carboxylic acids is 1. The third kappa shape index (κ3) is 4.56. The Balaban J connectivity index is 1.93. The first-order valence-electron chi connectivity index (χ1n) is 11.4. The molecule has 1 aliphatic heterocycles. The van der Waals surface area contributed by atoms with Crippen LogP contribution in [-0.2, 0) is 14.8 Å². The van der Waals surface area contributed by atoms with Crippen LogP contribution in [0.15, 0.2) is 95.4 Å². The lowest BCUT2D eigenvalue weighted by Crippen LogP contribution is -2.42. The highest BCUT2D eigenvalue weighted by Crippen LogP contribution is 2.45. The van der Waals surface area contributed by atoms with Crippen LogP contribution in [0.4, 0.5) is 0 Å². The van der Waals surface area contributed by atoms with E-state index in [1.807, 2.05) is 37.3 Å². The maximum Gasteiger partial charge on any atom is 0.333 e. The quantitative estimate of drug-likeness (QED) is 0.474. The molecule has 0 aromatic heterocycles. The molecule has 1 aliphatic rings. The van der Waals surface area contributed by atoms with Gasteiger partial charge >= 0.3 is 5.97 Å². The van der Waals surface area contributed by atoms with E-state index in [0.29, 0.717) is 11.5 Å². The first-order chi connectivity index (χ1) is 16.2. The number of aliphatic carboxylic acids is 1. The van der Waals surface area contributed by atoms with Crippen molar-refractivity contribution in [1.29, 1.82) is 0 Å². The van der Waals surface area contributed by atoms with Crippen molar-refractivity contribution < 1.29 is 18.3 Å². The van der Waals surface area contributed by atoms with Crippen molar-refractivity contribution in [3.63, 3.8) is 0 Å². The van der Waals surface area contributed by atoms with Crippen molar-refractivity contribution in [3.8, 4) is 0 Å². The fraction of sp³-hybridized carbons (Fsp3) is 0.250. The summed E-state index contributed by atoms with van der Waals surface area (Å²) in [6.07, 6.45) is 1.94. The molecule has 34 heavy (non-hydrogen) atoms. The van der Waals surface area contributed by atoms with Gasteiger partial charge in [-0.3, -0.25) is 0 Å². The van der Waals surface area contributed by atoms with Gasteiger partial charge in [0.05, 0.1) is 22.6 Å². The van der Waals surface area contributed by atoms with Gasteiger partial charge in [0.1, 0.15) is 0 Å². The topological polar surface area (TPSA) is 74.7 Å². The van der Waals surface area contributed by atoms with E-state index in [1.165, 1.54) is 4.31 Å². The van der Waals surface area contributed by atoms with Gasteiger partial charge < -0.3 is 5.11 Å². The lowest BCUT2D eigenvalue weighted by atomic mass is 9.89. The molecule has 3 aromatic carbocycles. The van der Waals surface area contributed by atoms with Crippen LogP contribution < -0.4 is 0 Å². The molecule has 0 amide bonds. The molecule has 0 spiro atoms. The maximum absolute atomic E-state index is 14.1. The maximum atomic E-state index is 14.1. The second-order valence-electron chi connectivity index (χ2n) is 9.00. The normalized spacial score (nSPS) is 19.1. The largest absolute Gasteiger partial charge is 0.478 e. The first kappa shape index (κ1) is 23.9. The van der Waals surface area contributed by atoms with Crippen LogP contribution in [0.1, 0.15) is 60.5 Å². The lowest BCUT2D eigenvalue weighted by molar-refractivity contribution is -0.133. The molecule has 0 radical (unpaired) electrons. The summed E-state index contributed by atoms with van der Waals surface area (Å²) in [5.74, 6) is -0.769. The molecule has 6 heteroatoms. The predicted octanol–water partition coefficient (Wildman–Crippen LogP) is 6.01. The molecular formula is C28H29NO4S. The number of carboxylic acid groups (broad SMARTS) is 1. The smallest absolute Gasteiger partial charge is 0.333 e. The minimum atomic E-state index is -4.04. The number of hydrogen-bond donors (Lipinski definition) is 1. The molecule has 0 saturated carbocycles. The summed E-state index contributed by atoms with van der Waals surface area (Å²) in [6, 6.07) is 22.1. The Morgan fingerprint density at radius 1 is 0.912 bits per heavy atom. The van der Waals surface area contributed by atoms with Crippen molar-refractivity contribution in [2.45, 2.75) is 50.1 Å². The van der Waals surface area contributed by atoms with Crippen molar-refractivity contribution in [1.82, 2.24) is 4.31 Å². The second kappa shape index (κ2) is 9.57. The molecule has 1 heterocycles. The van der Waals surface area contributed by atoms with Crippen LogP contribution in [-0.4, -0.2) is 23.8 Å². The fourth-order valence-corrected chi connectivity index (χ4v) is 6.24. The Morgan fingerprint density at radius 3 is 2.09 bits per heavy atom. The number of carbonyl (C=O) groups is 1. The zero-order valence-corrected chi connectivity index (χ0v) is 20.4. The first-order valence-corrected chi connectivity index (χ1v) is 12.8. The summed E-state index contributed by atoms with van der Waals surface area (Å²) < 4.78 is 29.6. The molecule has 5 nitrogen and oxygen atoms in total. The fourth-order valence-electron chi connectivity index (χ4n) is 4.46. The molecule has 3 aromatic rings. The minimum Gasteiger partial charge on any atom is -0.478 e. The summed E-state index contributed by atoms with van der Waals surface area (Å²) in [7, 11) is -4.04. The van der Waals surface area contributed by atoms with Crippen molar-refractivity contribution in [2.24, 2.45) is 0 Å². The highest BCUT2D eigenvalue weighted by atomic mass is 32.2. The van der Waals surface area contributed by atoms with Crippen LogP contribution in [0.25, 0.3) is 0 Å². The highest BCUT2D eigenvalue weighted by molar-refractivity contribution is 7.89. The summed E-state index contributed by atoms with van der Waals surface area (Å²) >= 11 is 0. The molecule has 4 rings (SSSR count). The van der Waals surface area contributed by atoms with E-state index >= 15 is 0 Å². The van der Waals surface area contributed by atoms with Crippen molar-refractivity contribution in [3.05, 3.63) is 113 Å². The van der Waals surface area contributed by atoms with Gasteiger partial charge in [-0.1, -0.05) is 92.2 Å². The van der Waals surface area contributed by atoms with E-state index in [4.69, 9.17) is 0 Å². The van der Waals surface area contributed by atoms with Gasteiger partial charge in [0, 0.05) is 0 Å². The third-order valence-corrected chi connectivity index (χ3v) is 8.25. The molecule has 0 fully saturated rings. The van der Waals surface area contributed by atoms with Gasteiger partial charge in [0.2, 0.25) is 10.0 Å². The Hall–Kier alpha value is -3.22. The molecule has 2 atom stereocenters. The number of hydrogen-bond acceptors (Lipinski definition) is 3. The third-order valence-electron chi connectivity index (χ3n) is 6.36. The molecule has 0 aliphatic carbocycles. The summed E-state index contributed by atoms with van der Waals surface area (Å²) in [4.78, 5) is 12.4. The monoisotopic (exact) mass is 475 g/mol. The standard InChI is InChI=1S/C28H29NO4S/c1-19(2)21-11-13-22(14-12-21)26-18-17-25(28(30)31)27(23-7-5-4-6-8-23)29(26)34(32,33)24-15-9-20(3)10-16-24/h4-17,19,26-27H,18H2,1-3H3,(H,30,31)/t26-,27-/m0/s1. The Labute approximate surface area is 201 Å². The van der Waals surface area contributed by atoms with Gasteiger partial charge in [-0.25, -0.2) is 13.2 Å². The summed E-state index contributed by atoms with van der Waals surface area (Å²) in [5, 5.41) is 10.0. The van der Waals surface area contributed by atoms with Crippen molar-refractivity contribution in [2.75, 3.05) is 0 Å². The average Bonchev–Trinajstić information content (AvgIpc) is 2.84. The molecule has 176 valence electrons. The van der Waals surface area contributed by atoms with Crippen LogP contribution in [0.5, 0.6) is 0 Å². The van der Waals surface area contributed by atoms with Gasteiger partial charge in [-0.05, 0) is 48.1 Å². The number of sulfonamides is 1. The summed E-state index contributed by atoms with van der Waals surface area (Å²) in [5.41, 5.74) is 3.63. The molecule has 0 bridgehead atoms. The molecular weight excluding hydrogens is 446 g/mol. The van der Waals surface area contributed by atoms with Crippen LogP contribution in [0, 0.1) is 6.92 Å². The molecule has 1 N–H and O–H groups in total. The predicted molar refractivity (Wildman–Crippen MR) is 133 cm³/mol. The molecule has 0 unspecified atom stereocenters. The van der Waals surface area contributed by atoms with E-state index in [-0.39, 0.29) is 16.9 Å². The SMILES string of the molecule is Cc1ccc(S(=O)(=O)N2[C@@H](c3ccccc3)C(C(=O)O)=CC[C@H]2c2ccc(C(C)C)cc2)cc1. The Bertz CT molecular complexity index is 1290. The van der Waals surface area contributed by atoms with Crippen molar-refractivity contribution >= 4 is 16.0 Å².